The highest BCUT2D eigenvalue weighted by atomic mass is 31.1. The summed E-state index contributed by atoms with van der Waals surface area (Å²) in [5.41, 5.74) is 2.22. The van der Waals surface area contributed by atoms with E-state index < -0.39 is 31.7 Å². The van der Waals surface area contributed by atoms with Crippen molar-refractivity contribution in [2.75, 3.05) is 12.8 Å². The molecule has 1 unspecified atom stereocenters. The number of carbonyl (C=O) groups is 2. The van der Waals surface area contributed by atoms with Crippen molar-refractivity contribution in [3.63, 3.8) is 0 Å². The number of esters is 1. The highest BCUT2D eigenvalue weighted by molar-refractivity contribution is 7.39. The Labute approximate surface area is 236 Å². The summed E-state index contributed by atoms with van der Waals surface area (Å²) in [5, 5.41) is 2.81. The van der Waals surface area contributed by atoms with Crippen molar-refractivity contribution in [1.29, 1.82) is 0 Å². The molecule has 3 aromatic carbocycles. The molecular weight excluding hydrogens is 529 g/mol. The van der Waals surface area contributed by atoms with Crippen molar-refractivity contribution in [3.05, 3.63) is 102 Å². The fourth-order valence-electron chi connectivity index (χ4n) is 3.65. The number of hydrogen-bond donors (Lipinski definition) is 1. The molecule has 0 spiro atoms. The standard InChI is InChI=1S/C31H38NO7P/c1-31(2,3)39-30(34)32-27(20-24-14-16-28(17-15-24)36-21-25-10-6-4-7-11-25)23-38-40(35)19-18-29(33)37-22-26-12-8-5-9-13-26/h4-17,27,40H,18-23H2,1-3H3,(H,32,34)/t27-/m1/s1. The minimum absolute atomic E-state index is 0.00234. The van der Waals surface area contributed by atoms with Crippen molar-refractivity contribution in [2.45, 2.75) is 58.5 Å². The maximum Gasteiger partial charge on any atom is 0.407 e. The fraction of sp³-hybridized carbons (Fsp3) is 0.355. The third-order valence-electron chi connectivity index (χ3n) is 5.60. The van der Waals surface area contributed by atoms with E-state index in [0.717, 1.165) is 22.4 Å². The number of alkyl carbamates (subject to hydrolysis) is 1. The van der Waals surface area contributed by atoms with Crippen molar-refractivity contribution >= 4 is 20.1 Å². The molecule has 3 rings (SSSR count). The van der Waals surface area contributed by atoms with Crippen LogP contribution in [0.4, 0.5) is 4.79 Å². The third-order valence-corrected chi connectivity index (χ3v) is 6.74. The lowest BCUT2D eigenvalue weighted by Gasteiger charge is -2.24. The highest BCUT2D eigenvalue weighted by Gasteiger charge is 2.21. The van der Waals surface area contributed by atoms with Gasteiger partial charge in [0.1, 0.15) is 24.6 Å². The predicted octanol–water partition coefficient (Wildman–Crippen LogP) is 6.33. The largest absolute Gasteiger partial charge is 0.489 e. The molecule has 0 heterocycles. The lowest BCUT2D eigenvalue weighted by molar-refractivity contribution is -0.144. The molecule has 0 aromatic heterocycles. The van der Waals surface area contributed by atoms with Gasteiger partial charge in [-0.1, -0.05) is 72.8 Å². The molecule has 2 atom stereocenters. The van der Waals surface area contributed by atoms with Crippen LogP contribution < -0.4 is 10.1 Å². The second-order valence-corrected chi connectivity index (χ2v) is 11.8. The van der Waals surface area contributed by atoms with Crippen LogP contribution in [0.1, 0.15) is 43.9 Å². The number of benzene rings is 3. The first-order valence-corrected chi connectivity index (χ1v) is 14.8. The van der Waals surface area contributed by atoms with Crippen molar-refractivity contribution < 1.29 is 32.9 Å². The second-order valence-electron chi connectivity index (χ2n) is 10.3. The van der Waals surface area contributed by atoms with E-state index in [0.29, 0.717) is 13.0 Å². The summed E-state index contributed by atoms with van der Waals surface area (Å²) in [4.78, 5) is 24.5. The Hall–Kier alpha value is -3.61. The molecule has 0 saturated carbocycles. The van der Waals surface area contributed by atoms with Crippen LogP contribution in [0, 0.1) is 0 Å². The normalized spacial score (nSPS) is 12.7. The van der Waals surface area contributed by atoms with Gasteiger partial charge in [-0.2, -0.15) is 0 Å². The summed E-state index contributed by atoms with van der Waals surface area (Å²) in [6.45, 7) is 5.97. The van der Waals surface area contributed by atoms with Gasteiger partial charge >= 0.3 is 12.1 Å². The minimum atomic E-state index is -2.53. The fourth-order valence-corrected chi connectivity index (χ4v) is 4.59. The zero-order valence-electron chi connectivity index (χ0n) is 23.3. The number of amides is 1. The van der Waals surface area contributed by atoms with Gasteiger partial charge in [-0.15, -0.1) is 0 Å². The number of hydrogen-bond acceptors (Lipinski definition) is 7. The Morgan fingerprint density at radius 1 is 0.825 bits per heavy atom. The summed E-state index contributed by atoms with van der Waals surface area (Å²) >= 11 is 0. The first-order valence-electron chi connectivity index (χ1n) is 13.3. The van der Waals surface area contributed by atoms with Gasteiger partial charge in [-0.05, 0) is 56.0 Å². The Kier molecular flexibility index (Phi) is 12.3. The summed E-state index contributed by atoms with van der Waals surface area (Å²) in [6.07, 6.45) is -0.121. The molecule has 0 aliphatic carbocycles. The first kappa shape index (κ1) is 30.9. The van der Waals surface area contributed by atoms with Crippen molar-refractivity contribution in [2.24, 2.45) is 0 Å². The first-order chi connectivity index (χ1) is 19.2. The van der Waals surface area contributed by atoms with E-state index in [1.54, 1.807) is 20.8 Å². The summed E-state index contributed by atoms with van der Waals surface area (Å²) in [6, 6.07) is 26.3. The molecular formula is C31H38NO7P. The topological polar surface area (TPSA) is 100 Å². The molecule has 9 heteroatoms. The van der Waals surface area contributed by atoms with Crippen LogP contribution in [0.15, 0.2) is 84.9 Å². The smallest absolute Gasteiger partial charge is 0.407 e. The predicted molar refractivity (Wildman–Crippen MR) is 155 cm³/mol. The Balaban J connectivity index is 1.49. The van der Waals surface area contributed by atoms with E-state index in [1.165, 1.54) is 0 Å². The molecule has 8 nitrogen and oxygen atoms in total. The van der Waals surface area contributed by atoms with Gasteiger partial charge in [-0.25, -0.2) is 4.79 Å². The van der Waals surface area contributed by atoms with E-state index in [-0.39, 0.29) is 25.8 Å². The lowest BCUT2D eigenvalue weighted by Crippen LogP contribution is -2.42. The van der Waals surface area contributed by atoms with Gasteiger partial charge in [0.15, 0.2) is 8.03 Å². The molecule has 1 N–H and O–H groups in total. The highest BCUT2D eigenvalue weighted by Crippen LogP contribution is 2.24. The summed E-state index contributed by atoms with van der Waals surface area (Å²) in [5.74, 6) is 0.286. The third kappa shape index (κ3) is 12.5. The van der Waals surface area contributed by atoms with E-state index in [2.05, 4.69) is 5.32 Å². The van der Waals surface area contributed by atoms with Gasteiger partial charge < -0.3 is 24.1 Å². The van der Waals surface area contributed by atoms with Gasteiger partial charge in [0.2, 0.25) is 0 Å². The quantitative estimate of drug-likeness (QED) is 0.180. The van der Waals surface area contributed by atoms with E-state index in [4.69, 9.17) is 18.7 Å². The monoisotopic (exact) mass is 567 g/mol. The second kappa shape index (κ2) is 15.8. The number of carbonyl (C=O) groups excluding carboxylic acids is 2. The Morgan fingerprint density at radius 3 is 2.02 bits per heavy atom. The summed E-state index contributed by atoms with van der Waals surface area (Å²) < 4.78 is 34.6. The lowest BCUT2D eigenvalue weighted by atomic mass is 10.1. The molecule has 1 amide bonds. The summed E-state index contributed by atoms with van der Waals surface area (Å²) in [7, 11) is -2.53. The average molecular weight is 568 g/mol. The number of ether oxygens (including phenoxy) is 3. The zero-order valence-corrected chi connectivity index (χ0v) is 24.3. The minimum Gasteiger partial charge on any atom is -0.489 e. The molecule has 0 saturated heterocycles. The maximum absolute atomic E-state index is 12.5. The van der Waals surface area contributed by atoms with Gasteiger partial charge in [0.05, 0.1) is 19.1 Å². The van der Waals surface area contributed by atoms with Crippen molar-refractivity contribution in [1.82, 2.24) is 5.32 Å². The molecule has 3 aromatic rings. The SMILES string of the molecule is CC(C)(C)OC(=O)N[C@@H](CO[PH](=O)CCC(=O)OCc1ccccc1)Cc1ccc(OCc2ccccc2)cc1. The maximum atomic E-state index is 12.5. The van der Waals surface area contributed by atoms with Gasteiger partial charge in [0.25, 0.3) is 0 Å². The average Bonchev–Trinajstić information content (AvgIpc) is 2.93. The van der Waals surface area contributed by atoms with E-state index in [9.17, 15) is 14.2 Å². The van der Waals surface area contributed by atoms with Crippen LogP contribution in [0.2, 0.25) is 0 Å². The number of nitrogens with one attached hydrogen (secondary N) is 1. The van der Waals surface area contributed by atoms with Gasteiger partial charge in [0, 0.05) is 6.16 Å². The van der Waals surface area contributed by atoms with E-state index >= 15 is 0 Å². The molecule has 40 heavy (non-hydrogen) atoms. The Morgan fingerprint density at radius 2 is 1.43 bits per heavy atom. The zero-order chi connectivity index (χ0) is 28.8. The van der Waals surface area contributed by atoms with E-state index in [1.807, 2.05) is 84.9 Å². The van der Waals surface area contributed by atoms with Crippen LogP contribution >= 0.6 is 8.03 Å². The number of rotatable bonds is 14. The Bertz CT molecular complexity index is 1210. The molecule has 0 aliphatic heterocycles. The van der Waals surface area contributed by atoms with Gasteiger partial charge in [-0.3, -0.25) is 9.36 Å². The van der Waals surface area contributed by atoms with Crippen LogP contribution in [0.5, 0.6) is 5.75 Å². The molecule has 0 bridgehead atoms. The van der Waals surface area contributed by atoms with Crippen molar-refractivity contribution in [3.8, 4) is 5.75 Å². The van der Waals surface area contributed by atoms with Crippen LogP contribution in [0.25, 0.3) is 0 Å². The molecule has 0 aliphatic rings. The molecule has 0 fully saturated rings. The van der Waals surface area contributed by atoms with Crippen LogP contribution in [-0.2, 0) is 43.0 Å². The molecule has 214 valence electrons. The molecule has 0 radical (unpaired) electrons. The van der Waals surface area contributed by atoms with Crippen LogP contribution in [0.3, 0.4) is 0 Å². The van der Waals surface area contributed by atoms with Crippen LogP contribution in [-0.4, -0.2) is 36.5 Å².